The van der Waals surface area contributed by atoms with Gasteiger partial charge in [0, 0.05) is 21.2 Å². The summed E-state index contributed by atoms with van der Waals surface area (Å²) in [6.45, 7) is 0. The Morgan fingerprint density at radius 2 is 1.35 bits per heavy atom. The number of hydrogen-bond donors (Lipinski definition) is 3. The summed E-state index contributed by atoms with van der Waals surface area (Å²) in [7, 11) is 1.28. The molecule has 0 saturated carbocycles. The molecule has 0 heterocycles. The first kappa shape index (κ1) is 33.7. The molecule has 5 aromatic carbocycles. The number of amides is 3. The van der Waals surface area contributed by atoms with Gasteiger partial charge in [-0.3, -0.25) is 14.4 Å². The van der Waals surface area contributed by atoms with Crippen LogP contribution < -0.4 is 16.0 Å². The van der Waals surface area contributed by atoms with Gasteiger partial charge in [-0.05, 0) is 71.8 Å². The first-order valence-corrected chi connectivity index (χ1v) is 16.0. The molecule has 0 spiro atoms. The molecule has 1 atom stereocenters. The Hall–Kier alpha value is -5.64. The van der Waals surface area contributed by atoms with Gasteiger partial charge in [0.1, 0.15) is 10.9 Å². The van der Waals surface area contributed by atoms with E-state index in [4.69, 9.17) is 16.3 Å². The number of esters is 1. The fraction of sp³-hybridized carbons (Fsp3) is 0.0526. The van der Waals surface area contributed by atoms with Crippen LogP contribution in [0.15, 0.2) is 144 Å². The van der Waals surface area contributed by atoms with Gasteiger partial charge in [-0.25, -0.2) is 4.79 Å². The predicted octanol–water partition coefficient (Wildman–Crippen LogP) is 8.01. The van der Waals surface area contributed by atoms with Crippen molar-refractivity contribution in [3.8, 4) is 0 Å². The molecule has 0 bridgehead atoms. The lowest BCUT2D eigenvalue weighted by atomic mass is 10.1. The summed E-state index contributed by atoms with van der Waals surface area (Å²) in [6, 6.07) is 38.5. The maximum absolute atomic E-state index is 13.6. The number of nitrogens with one attached hydrogen (secondary N) is 3. The number of methoxy groups -OCH3 is 1. The highest BCUT2D eigenvalue weighted by Gasteiger charge is 2.24. The van der Waals surface area contributed by atoms with Crippen LogP contribution in [0.4, 0.5) is 11.4 Å². The van der Waals surface area contributed by atoms with E-state index in [2.05, 4.69) is 16.0 Å². The van der Waals surface area contributed by atoms with Gasteiger partial charge in [-0.15, -0.1) is 11.8 Å². The van der Waals surface area contributed by atoms with Gasteiger partial charge in [-0.1, -0.05) is 90.5 Å². The van der Waals surface area contributed by atoms with Crippen molar-refractivity contribution in [2.24, 2.45) is 0 Å². The molecule has 240 valence electrons. The molecule has 0 aromatic heterocycles. The summed E-state index contributed by atoms with van der Waals surface area (Å²) in [4.78, 5) is 53.1. The summed E-state index contributed by atoms with van der Waals surface area (Å²) in [5.41, 5.74) is 2.77. The Bertz CT molecular complexity index is 1950. The standard InChI is InChI=1S/C38H30ClN3O5S/c1-47-38(46)30-17-9-11-19-32(30)41-37(45)34(25-12-4-2-5-13-25)48-29-22-20-28(21-23-29)40-36(44)33(24-27-16-8-10-18-31(27)39)42-35(43)26-14-6-3-7-15-26/h2-24,34H,1H3,(H,40,44)(H,41,45)(H,42,43)/b33-24-. The monoisotopic (exact) mass is 675 g/mol. The number of carbonyl (C=O) groups is 4. The molecule has 0 radical (unpaired) electrons. The predicted molar refractivity (Wildman–Crippen MR) is 190 cm³/mol. The van der Waals surface area contributed by atoms with Crippen LogP contribution in [0.3, 0.4) is 0 Å². The molecular weight excluding hydrogens is 646 g/mol. The Balaban J connectivity index is 1.34. The molecule has 0 aliphatic carbocycles. The fourth-order valence-corrected chi connectivity index (χ4v) is 5.84. The number of benzene rings is 5. The van der Waals surface area contributed by atoms with Crippen molar-refractivity contribution in [1.82, 2.24) is 5.32 Å². The third kappa shape index (κ3) is 8.79. The lowest BCUT2D eigenvalue weighted by Gasteiger charge is -2.18. The summed E-state index contributed by atoms with van der Waals surface area (Å²) >= 11 is 7.65. The molecule has 0 aliphatic heterocycles. The maximum Gasteiger partial charge on any atom is 0.339 e. The second kappa shape index (κ2) is 16.3. The number of halogens is 1. The normalized spacial score (nSPS) is 11.6. The van der Waals surface area contributed by atoms with Crippen molar-refractivity contribution in [3.63, 3.8) is 0 Å². The van der Waals surface area contributed by atoms with Gasteiger partial charge >= 0.3 is 5.97 Å². The van der Waals surface area contributed by atoms with Crippen molar-refractivity contribution in [2.75, 3.05) is 17.7 Å². The Kier molecular flexibility index (Phi) is 11.4. The largest absolute Gasteiger partial charge is 0.465 e. The van der Waals surface area contributed by atoms with Gasteiger partial charge in [-0.2, -0.15) is 0 Å². The number of thioether (sulfide) groups is 1. The first-order valence-electron chi connectivity index (χ1n) is 14.8. The van der Waals surface area contributed by atoms with Crippen molar-refractivity contribution < 1.29 is 23.9 Å². The molecule has 1 unspecified atom stereocenters. The molecule has 0 fully saturated rings. The topological polar surface area (TPSA) is 114 Å². The van der Waals surface area contributed by atoms with E-state index in [1.54, 1.807) is 103 Å². The SMILES string of the molecule is COC(=O)c1ccccc1NC(=O)C(Sc1ccc(NC(=O)/C(=C/c2ccccc2Cl)NC(=O)c2ccccc2)cc1)c1ccccc1. The van der Waals surface area contributed by atoms with Gasteiger partial charge in [0.25, 0.3) is 11.8 Å². The number of rotatable bonds is 11. The highest BCUT2D eigenvalue weighted by atomic mass is 35.5. The zero-order valence-corrected chi connectivity index (χ0v) is 27.3. The first-order chi connectivity index (χ1) is 23.3. The molecular formula is C38H30ClN3O5S. The molecule has 3 amide bonds. The molecule has 48 heavy (non-hydrogen) atoms. The molecule has 0 aliphatic rings. The van der Waals surface area contributed by atoms with Crippen molar-refractivity contribution in [3.05, 3.63) is 166 Å². The number of anilines is 2. The van der Waals surface area contributed by atoms with Crippen molar-refractivity contribution in [1.29, 1.82) is 0 Å². The second-order valence-electron chi connectivity index (χ2n) is 10.3. The van der Waals surface area contributed by atoms with E-state index in [1.165, 1.54) is 24.9 Å². The van der Waals surface area contributed by atoms with E-state index in [0.717, 1.165) is 10.5 Å². The van der Waals surface area contributed by atoms with Crippen LogP contribution in [-0.4, -0.2) is 30.8 Å². The van der Waals surface area contributed by atoms with Crippen LogP contribution in [-0.2, 0) is 14.3 Å². The van der Waals surface area contributed by atoms with Gasteiger partial charge < -0.3 is 20.7 Å². The summed E-state index contributed by atoms with van der Waals surface area (Å²) < 4.78 is 4.87. The molecule has 5 rings (SSSR count). The average molecular weight is 676 g/mol. The Morgan fingerprint density at radius 1 is 0.729 bits per heavy atom. The number of para-hydroxylation sites is 1. The smallest absolute Gasteiger partial charge is 0.339 e. The minimum absolute atomic E-state index is 0.00320. The van der Waals surface area contributed by atoms with Crippen molar-refractivity contribution >= 4 is 64.5 Å². The van der Waals surface area contributed by atoms with Gasteiger partial charge in [0.05, 0.1) is 18.4 Å². The van der Waals surface area contributed by atoms with Crippen LogP contribution in [0.5, 0.6) is 0 Å². The number of hydrogen-bond acceptors (Lipinski definition) is 6. The quantitative estimate of drug-likeness (QED) is 0.0743. The van der Waals surface area contributed by atoms with Crippen LogP contribution in [0, 0.1) is 0 Å². The van der Waals surface area contributed by atoms with E-state index < -0.39 is 23.0 Å². The van der Waals surface area contributed by atoms with E-state index in [-0.39, 0.29) is 17.2 Å². The van der Waals surface area contributed by atoms with E-state index in [0.29, 0.717) is 27.5 Å². The molecule has 0 saturated heterocycles. The van der Waals surface area contributed by atoms with Gasteiger partial charge in [0.2, 0.25) is 5.91 Å². The Morgan fingerprint density at radius 3 is 2.04 bits per heavy atom. The highest BCUT2D eigenvalue weighted by Crippen LogP contribution is 2.37. The van der Waals surface area contributed by atoms with Gasteiger partial charge in [0.15, 0.2) is 0 Å². The van der Waals surface area contributed by atoms with Crippen LogP contribution >= 0.6 is 23.4 Å². The minimum atomic E-state index is -0.671. The number of ether oxygens (including phenoxy) is 1. The van der Waals surface area contributed by atoms with Crippen LogP contribution in [0.2, 0.25) is 5.02 Å². The zero-order valence-electron chi connectivity index (χ0n) is 25.7. The summed E-state index contributed by atoms with van der Waals surface area (Å²) in [5.74, 6) is -1.89. The third-order valence-electron chi connectivity index (χ3n) is 7.03. The van der Waals surface area contributed by atoms with E-state index in [9.17, 15) is 19.2 Å². The summed E-state index contributed by atoms with van der Waals surface area (Å²) in [6.07, 6.45) is 1.52. The number of carbonyl (C=O) groups excluding carboxylic acids is 4. The third-order valence-corrected chi connectivity index (χ3v) is 8.64. The maximum atomic E-state index is 13.6. The summed E-state index contributed by atoms with van der Waals surface area (Å²) in [5, 5.41) is 8.16. The zero-order chi connectivity index (χ0) is 33.9. The lowest BCUT2D eigenvalue weighted by Crippen LogP contribution is -2.30. The molecule has 3 N–H and O–H groups in total. The fourth-order valence-electron chi connectivity index (χ4n) is 4.62. The van der Waals surface area contributed by atoms with Crippen LogP contribution in [0.25, 0.3) is 6.08 Å². The minimum Gasteiger partial charge on any atom is -0.465 e. The second-order valence-corrected chi connectivity index (χ2v) is 11.9. The molecule has 8 nitrogen and oxygen atoms in total. The van der Waals surface area contributed by atoms with Crippen LogP contribution in [0.1, 0.15) is 37.1 Å². The lowest BCUT2D eigenvalue weighted by molar-refractivity contribution is -0.116. The van der Waals surface area contributed by atoms with E-state index in [1.807, 2.05) is 30.3 Å². The molecule has 5 aromatic rings. The Labute approximate surface area is 287 Å². The van der Waals surface area contributed by atoms with Crippen molar-refractivity contribution in [2.45, 2.75) is 10.1 Å². The highest BCUT2D eigenvalue weighted by molar-refractivity contribution is 8.00. The van der Waals surface area contributed by atoms with E-state index >= 15 is 0 Å². The average Bonchev–Trinajstić information content (AvgIpc) is 3.12. The molecule has 10 heteroatoms.